The molecule has 1 heterocycles. The van der Waals surface area contributed by atoms with E-state index in [1.165, 1.54) is 0 Å². The smallest absolute Gasteiger partial charge is 0.127 e. The van der Waals surface area contributed by atoms with Crippen molar-refractivity contribution in [2.45, 2.75) is 19.4 Å². The van der Waals surface area contributed by atoms with E-state index in [9.17, 15) is 0 Å². The van der Waals surface area contributed by atoms with E-state index in [-0.39, 0.29) is 6.04 Å². The summed E-state index contributed by atoms with van der Waals surface area (Å²) < 4.78 is 5.54. The first kappa shape index (κ1) is 8.38. The number of ether oxygens (including phenoxy) is 1. The summed E-state index contributed by atoms with van der Waals surface area (Å²) in [6.07, 6.45) is 0.871. The molecule has 0 radical (unpaired) electrons. The van der Waals surface area contributed by atoms with E-state index in [0.717, 1.165) is 29.0 Å². The Kier molecular flexibility index (Phi) is 1.88. The lowest BCUT2D eigenvalue weighted by Gasteiger charge is -2.24. The van der Waals surface area contributed by atoms with Gasteiger partial charge in [-0.2, -0.15) is 0 Å². The van der Waals surface area contributed by atoms with Gasteiger partial charge in [0, 0.05) is 23.7 Å². The second-order valence-electron chi connectivity index (χ2n) is 3.50. The van der Waals surface area contributed by atoms with Crippen molar-refractivity contribution < 1.29 is 4.74 Å². The summed E-state index contributed by atoms with van der Waals surface area (Å²) >= 11 is 0. The molecule has 3 nitrogen and oxygen atoms in total. The Bertz CT molecular complexity index is 336. The van der Waals surface area contributed by atoms with Crippen LogP contribution in [0.15, 0.2) is 12.1 Å². The van der Waals surface area contributed by atoms with Gasteiger partial charge in [0.25, 0.3) is 0 Å². The monoisotopic (exact) mass is 178 g/mol. The molecule has 0 fully saturated rings. The maximum atomic E-state index is 5.95. The van der Waals surface area contributed by atoms with Gasteiger partial charge in [-0.25, -0.2) is 0 Å². The minimum atomic E-state index is 0.0750. The van der Waals surface area contributed by atoms with Gasteiger partial charge in [-0.05, 0) is 24.6 Å². The number of rotatable bonds is 0. The Morgan fingerprint density at radius 2 is 2.23 bits per heavy atom. The van der Waals surface area contributed by atoms with Gasteiger partial charge in [-0.1, -0.05) is 0 Å². The van der Waals surface area contributed by atoms with Crippen LogP contribution in [0.2, 0.25) is 0 Å². The van der Waals surface area contributed by atoms with Crippen LogP contribution in [-0.4, -0.2) is 6.61 Å². The summed E-state index contributed by atoms with van der Waals surface area (Å²) in [6.45, 7) is 2.70. The van der Waals surface area contributed by atoms with Crippen molar-refractivity contribution in [2.75, 3.05) is 12.3 Å². The Morgan fingerprint density at radius 1 is 1.46 bits per heavy atom. The zero-order valence-corrected chi connectivity index (χ0v) is 7.71. The summed E-state index contributed by atoms with van der Waals surface area (Å²) in [4.78, 5) is 0. The van der Waals surface area contributed by atoms with Crippen molar-refractivity contribution in [2.24, 2.45) is 5.73 Å². The van der Waals surface area contributed by atoms with Crippen LogP contribution in [0.5, 0.6) is 5.75 Å². The van der Waals surface area contributed by atoms with Crippen molar-refractivity contribution in [3.8, 4) is 5.75 Å². The molecule has 70 valence electrons. The quantitative estimate of drug-likeness (QED) is 0.590. The first-order valence-electron chi connectivity index (χ1n) is 4.47. The van der Waals surface area contributed by atoms with Gasteiger partial charge < -0.3 is 16.2 Å². The summed E-state index contributed by atoms with van der Waals surface area (Å²) in [5.41, 5.74) is 14.6. The van der Waals surface area contributed by atoms with Crippen LogP contribution in [0.25, 0.3) is 0 Å². The number of nitrogen functional groups attached to an aromatic ring is 1. The third kappa shape index (κ3) is 1.35. The molecule has 4 N–H and O–H groups in total. The Labute approximate surface area is 77.7 Å². The topological polar surface area (TPSA) is 61.3 Å². The minimum Gasteiger partial charge on any atom is -0.493 e. The van der Waals surface area contributed by atoms with Gasteiger partial charge in [0.05, 0.1) is 6.61 Å². The fraction of sp³-hybridized carbons (Fsp3) is 0.400. The fourth-order valence-electron chi connectivity index (χ4n) is 1.75. The minimum absolute atomic E-state index is 0.0750. The molecule has 1 aromatic carbocycles. The van der Waals surface area contributed by atoms with Gasteiger partial charge in [0.1, 0.15) is 5.75 Å². The predicted octanol–water partition coefficient (Wildman–Crippen LogP) is 1.36. The van der Waals surface area contributed by atoms with E-state index >= 15 is 0 Å². The Balaban J connectivity index is 2.56. The molecule has 1 aliphatic rings. The molecule has 3 heteroatoms. The lowest BCUT2D eigenvalue weighted by Crippen LogP contribution is -2.21. The molecule has 0 spiro atoms. The highest BCUT2D eigenvalue weighted by Gasteiger charge is 2.19. The number of anilines is 1. The summed E-state index contributed by atoms with van der Waals surface area (Å²) in [6, 6.07) is 3.90. The Morgan fingerprint density at radius 3 is 3.00 bits per heavy atom. The third-order valence-electron chi connectivity index (χ3n) is 2.40. The molecule has 1 aromatic rings. The zero-order chi connectivity index (χ0) is 9.42. The molecule has 2 rings (SSSR count). The molecule has 0 aromatic heterocycles. The van der Waals surface area contributed by atoms with E-state index < -0.39 is 0 Å². The van der Waals surface area contributed by atoms with Crippen molar-refractivity contribution in [1.29, 1.82) is 0 Å². The average Bonchev–Trinajstić information content (AvgIpc) is 2.07. The molecule has 1 atom stereocenters. The summed E-state index contributed by atoms with van der Waals surface area (Å²) in [5.74, 6) is 0.924. The third-order valence-corrected chi connectivity index (χ3v) is 2.40. The van der Waals surface area contributed by atoms with Crippen LogP contribution in [0.1, 0.15) is 23.6 Å². The van der Waals surface area contributed by atoms with Crippen LogP contribution in [0.4, 0.5) is 5.69 Å². The first-order chi connectivity index (χ1) is 6.18. The van der Waals surface area contributed by atoms with Gasteiger partial charge in [0.15, 0.2) is 0 Å². The Hall–Kier alpha value is -1.22. The lowest BCUT2D eigenvalue weighted by molar-refractivity contribution is 0.267. The number of benzene rings is 1. The SMILES string of the molecule is Cc1cc(N)cc2c1OCCC2N. The zero-order valence-electron chi connectivity index (χ0n) is 7.71. The largest absolute Gasteiger partial charge is 0.493 e. The van der Waals surface area contributed by atoms with Gasteiger partial charge >= 0.3 is 0 Å². The highest BCUT2D eigenvalue weighted by atomic mass is 16.5. The van der Waals surface area contributed by atoms with Crippen molar-refractivity contribution in [3.05, 3.63) is 23.3 Å². The molecule has 0 saturated heterocycles. The first-order valence-corrected chi connectivity index (χ1v) is 4.47. The van der Waals surface area contributed by atoms with E-state index in [2.05, 4.69) is 0 Å². The van der Waals surface area contributed by atoms with E-state index in [1.807, 2.05) is 19.1 Å². The average molecular weight is 178 g/mol. The number of aryl methyl sites for hydroxylation is 1. The molecular formula is C10H14N2O. The second kappa shape index (κ2) is 2.92. The maximum Gasteiger partial charge on any atom is 0.127 e. The van der Waals surface area contributed by atoms with E-state index in [4.69, 9.17) is 16.2 Å². The molecular weight excluding hydrogens is 164 g/mol. The van der Waals surface area contributed by atoms with Crippen molar-refractivity contribution in [1.82, 2.24) is 0 Å². The normalized spacial score (nSPS) is 20.6. The van der Waals surface area contributed by atoms with Crippen molar-refractivity contribution >= 4 is 5.69 Å². The lowest BCUT2D eigenvalue weighted by atomic mass is 9.98. The summed E-state index contributed by atoms with van der Waals surface area (Å²) in [7, 11) is 0. The molecule has 1 aliphatic heterocycles. The van der Waals surface area contributed by atoms with Crippen LogP contribution in [0, 0.1) is 6.92 Å². The second-order valence-corrected chi connectivity index (χ2v) is 3.50. The van der Waals surface area contributed by atoms with Crippen LogP contribution >= 0.6 is 0 Å². The molecule has 1 unspecified atom stereocenters. The van der Waals surface area contributed by atoms with E-state index in [1.54, 1.807) is 0 Å². The number of hydrogen-bond acceptors (Lipinski definition) is 3. The molecule has 0 aliphatic carbocycles. The molecule has 0 saturated carbocycles. The van der Waals surface area contributed by atoms with Crippen LogP contribution in [-0.2, 0) is 0 Å². The highest BCUT2D eigenvalue weighted by Crippen LogP contribution is 2.34. The fourth-order valence-corrected chi connectivity index (χ4v) is 1.75. The number of nitrogens with two attached hydrogens (primary N) is 2. The molecule has 0 amide bonds. The summed E-state index contributed by atoms with van der Waals surface area (Å²) in [5, 5.41) is 0. The van der Waals surface area contributed by atoms with Gasteiger partial charge in [0.2, 0.25) is 0 Å². The van der Waals surface area contributed by atoms with E-state index in [0.29, 0.717) is 6.61 Å². The van der Waals surface area contributed by atoms with Crippen LogP contribution in [0.3, 0.4) is 0 Å². The van der Waals surface area contributed by atoms with Crippen LogP contribution < -0.4 is 16.2 Å². The molecule has 0 bridgehead atoms. The standard InChI is InChI=1S/C10H14N2O/c1-6-4-7(11)5-8-9(12)2-3-13-10(6)8/h4-5,9H,2-3,11-12H2,1H3. The van der Waals surface area contributed by atoms with Crippen molar-refractivity contribution in [3.63, 3.8) is 0 Å². The number of fused-ring (bicyclic) bond motifs is 1. The molecule has 13 heavy (non-hydrogen) atoms. The number of hydrogen-bond donors (Lipinski definition) is 2. The highest BCUT2D eigenvalue weighted by molar-refractivity contribution is 5.54. The maximum absolute atomic E-state index is 5.95. The van der Waals surface area contributed by atoms with Gasteiger partial charge in [-0.15, -0.1) is 0 Å². The predicted molar refractivity (Wildman–Crippen MR) is 52.6 cm³/mol. The van der Waals surface area contributed by atoms with Gasteiger partial charge in [-0.3, -0.25) is 0 Å².